The van der Waals surface area contributed by atoms with Crippen molar-refractivity contribution < 1.29 is 4.74 Å². The molecule has 4 heteroatoms. The second-order valence-electron chi connectivity index (χ2n) is 4.40. The Morgan fingerprint density at radius 1 is 1.44 bits per heavy atom. The fourth-order valence-electron chi connectivity index (χ4n) is 1.86. The maximum absolute atomic E-state index is 5.23. The van der Waals surface area contributed by atoms with E-state index in [1.54, 1.807) is 7.11 Å². The summed E-state index contributed by atoms with van der Waals surface area (Å²) in [5.41, 5.74) is 2.41. The number of aryl methyl sites for hydroxylation is 1. The predicted molar refractivity (Wildman–Crippen MR) is 71.5 cm³/mol. The van der Waals surface area contributed by atoms with Crippen molar-refractivity contribution >= 4 is 0 Å². The summed E-state index contributed by atoms with van der Waals surface area (Å²) in [5, 5.41) is 7.62. The molecule has 1 aromatic heterocycles. The first-order valence-corrected chi connectivity index (χ1v) is 6.04. The Morgan fingerprint density at radius 2 is 2.28 bits per heavy atom. The number of nitrogens with one attached hydrogen (secondary N) is 1. The van der Waals surface area contributed by atoms with Crippen molar-refractivity contribution in [3.05, 3.63) is 47.8 Å². The first kappa shape index (κ1) is 12.6. The van der Waals surface area contributed by atoms with Crippen LogP contribution in [-0.2, 0) is 13.6 Å². The van der Waals surface area contributed by atoms with Gasteiger partial charge in [-0.25, -0.2) is 0 Å². The second-order valence-corrected chi connectivity index (χ2v) is 4.40. The van der Waals surface area contributed by atoms with E-state index < -0.39 is 0 Å². The van der Waals surface area contributed by atoms with Gasteiger partial charge in [-0.3, -0.25) is 4.68 Å². The van der Waals surface area contributed by atoms with Gasteiger partial charge in [0, 0.05) is 31.4 Å². The summed E-state index contributed by atoms with van der Waals surface area (Å²) in [5.74, 6) is 0.891. The van der Waals surface area contributed by atoms with E-state index in [9.17, 15) is 0 Å². The molecule has 96 valence electrons. The third-order valence-corrected chi connectivity index (χ3v) is 2.96. The SMILES string of the molecule is COc1cccc([C@H](C)NCc2cnn(C)c2)c1. The van der Waals surface area contributed by atoms with Gasteiger partial charge in [-0.05, 0) is 24.6 Å². The molecule has 0 saturated carbocycles. The third kappa shape index (κ3) is 3.11. The molecule has 0 bridgehead atoms. The molecule has 1 atom stereocenters. The van der Waals surface area contributed by atoms with Gasteiger partial charge in [0.05, 0.1) is 13.3 Å². The van der Waals surface area contributed by atoms with Crippen molar-refractivity contribution in [1.29, 1.82) is 0 Å². The van der Waals surface area contributed by atoms with Gasteiger partial charge >= 0.3 is 0 Å². The third-order valence-electron chi connectivity index (χ3n) is 2.96. The van der Waals surface area contributed by atoms with Crippen LogP contribution < -0.4 is 10.1 Å². The molecule has 0 radical (unpaired) electrons. The molecule has 0 saturated heterocycles. The monoisotopic (exact) mass is 245 g/mol. The maximum atomic E-state index is 5.23. The molecule has 18 heavy (non-hydrogen) atoms. The van der Waals surface area contributed by atoms with Crippen LogP contribution in [0.2, 0.25) is 0 Å². The van der Waals surface area contributed by atoms with Crippen molar-refractivity contribution in [2.45, 2.75) is 19.5 Å². The Bertz CT molecular complexity index is 507. The molecule has 0 fully saturated rings. The lowest BCUT2D eigenvalue weighted by atomic mass is 10.1. The Balaban J connectivity index is 1.96. The average molecular weight is 245 g/mol. The van der Waals surface area contributed by atoms with E-state index in [4.69, 9.17) is 4.74 Å². The Morgan fingerprint density at radius 3 is 2.94 bits per heavy atom. The van der Waals surface area contributed by atoms with Gasteiger partial charge < -0.3 is 10.1 Å². The quantitative estimate of drug-likeness (QED) is 0.878. The van der Waals surface area contributed by atoms with E-state index in [2.05, 4.69) is 29.5 Å². The number of ether oxygens (including phenoxy) is 1. The van der Waals surface area contributed by atoms with E-state index in [1.807, 2.05) is 36.3 Å². The molecule has 0 spiro atoms. The molecule has 2 aromatic rings. The maximum Gasteiger partial charge on any atom is 0.119 e. The van der Waals surface area contributed by atoms with Gasteiger partial charge in [-0.2, -0.15) is 5.10 Å². The molecule has 4 nitrogen and oxygen atoms in total. The Kier molecular flexibility index (Phi) is 3.99. The molecule has 0 amide bonds. The first-order chi connectivity index (χ1) is 8.69. The van der Waals surface area contributed by atoms with Crippen LogP contribution in [0.25, 0.3) is 0 Å². The van der Waals surface area contributed by atoms with E-state index in [0.717, 1.165) is 12.3 Å². The van der Waals surface area contributed by atoms with Crippen molar-refractivity contribution in [2.24, 2.45) is 7.05 Å². The summed E-state index contributed by atoms with van der Waals surface area (Å²) in [6.45, 7) is 2.96. The van der Waals surface area contributed by atoms with Crippen molar-refractivity contribution in [2.75, 3.05) is 7.11 Å². The zero-order chi connectivity index (χ0) is 13.0. The first-order valence-electron chi connectivity index (χ1n) is 6.04. The highest BCUT2D eigenvalue weighted by Gasteiger charge is 2.06. The summed E-state index contributed by atoms with van der Waals surface area (Å²) in [4.78, 5) is 0. The lowest BCUT2D eigenvalue weighted by molar-refractivity contribution is 0.413. The average Bonchev–Trinajstić information content (AvgIpc) is 2.82. The van der Waals surface area contributed by atoms with Crippen molar-refractivity contribution in [3.63, 3.8) is 0 Å². The summed E-state index contributed by atoms with van der Waals surface area (Å²) < 4.78 is 7.04. The highest BCUT2D eigenvalue weighted by molar-refractivity contribution is 5.30. The zero-order valence-electron chi connectivity index (χ0n) is 11.1. The van der Waals surface area contributed by atoms with Crippen LogP contribution in [0.15, 0.2) is 36.7 Å². The van der Waals surface area contributed by atoms with E-state index >= 15 is 0 Å². The van der Waals surface area contributed by atoms with Crippen LogP contribution >= 0.6 is 0 Å². The molecule has 1 heterocycles. The van der Waals surface area contributed by atoms with Crippen molar-refractivity contribution in [3.8, 4) is 5.75 Å². The highest BCUT2D eigenvalue weighted by Crippen LogP contribution is 2.18. The molecular formula is C14H19N3O. The van der Waals surface area contributed by atoms with Crippen LogP contribution in [0.3, 0.4) is 0 Å². The summed E-state index contributed by atoms with van der Waals surface area (Å²) >= 11 is 0. The molecule has 0 aliphatic rings. The lowest BCUT2D eigenvalue weighted by Crippen LogP contribution is -2.17. The van der Waals surface area contributed by atoms with Crippen LogP contribution in [-0.4, -0.2) is 16.9 Å². The Labute approximate surface area is 108 Å². The topological polar surface area (TPSA) is 39.1 Å². The van der Waals surface area contributed by atoms with Crippen LogP contribution in [0.1, 0.15) is 24.1 Å². The van der Waals surface area contributed by atoms with Crippen molar-refractivity contribution in [1.82, 2.24) is 15.1 Å². The van der Waals surface area contributed by atoms with Gasteiger partial charge in [0.15, 0.2) is 0 Å². The summed E-state index contributed by atoms with van der Waals surface area (Å²) in [6, 6.07) is 8.40. The lowest BCUT2D eigenvalue weighted by Gasteiger charge is -2.14. The zero-order valence-corrected chi connectivity index (χ0v) is 11.1. The molecular weight excluding hydrogens is 226 g/mol. The number of hydrogen-bond acceptors (Lipinski definition) is 3. The molecule has 2 rings (SSSR count). The molecule has 1 N–H and O–H groups in total. The van der Waals surface area contributed by atoms with Crippen LogP contribution in [0.4, 0.5) is 0 Å². The number of aromatic nitrogens is 2. The molecule has 0 aliphatic carbocycles. The fraction of sp³-hybridized carbons (Fsp3) is 0.357. The standard InChI is InChI=1S/C14H19N3O/c1-11(13-5-4-6-14(7-13)18-3)15-8-12-9-16-17(2)10-12/h4-7,9-11,15H,8H2,1-3H3/t11-/m0/s1. The minimum Gasteiger partial charge on any atom is -0.497 e. The van der Waals surface area contributed by atoms with E-state index in [0.29, 0.717) is 0 Å². The van der Waals surface area contributed by atoms with Gasteiger partial charge in [-0.1, -0.05) is 12.1 Å². The largest absolute Gasteiger partial charge is 0.497 e. The van der Waals surface area contributed by atoms with Gasteiger partial charge in [0.1, 0.15) is 5.75 Å². The molecule has 0 aliphatic heterocycles. The normalized spacial score (nSPS) is 12.4. The van der Waals surface area contributed by atoms with Gasteiger partial charge in [-0.15, -0.1) is 0 Å². The van der Waals surface area contributed by atoms with Gasteiger partial charge in [0.2, 0.25) is 0 Å². The number of rotatable bonds is 5. The Hall–Kier alpha value is -1.81. The van der Waals surface area contributed by atoms with E-state index in [1.165, 1.54) is 11.1 Å². The highest BCUT2D eigenvalue weighted by atomic mass is 16.5. The summed E-state index contributed by atoms with van der Waals surface area (Å²) in [6.07, 6.45) is 3.90. The smallest absolute Gasteiger partial charge is 0.119 e. The van der Waals surface area contributed by atoms with E-state index in [-0.39, 0.29) is 6.04 Å². The molecule has 0 unspecified atom stereocenters. The number of benzene rings is 1. The van der Waals surface area contributed by atoms with Crippen LogP contribution in [0.5, 0.6) is 5.75 Å². The summed E-state index contributed by atoms with van der Waals surface area (Å²) in [7, 11) is 3.61. The second kappa shape index (κ2) is 5.69. The number of methoxy groups -OCH3 is 1. The minimum absolute atomic E-state index is 0.278. The number of hydrogen-bond donors (Lipinski definition) is 1. The predicted octanol–water partition coefficient (Wildman–Crippen LogP) is 2.28. The number of nitrogens with zero attached hydrogens (tertiary/aromatic N) is 2. The van der Waals surface area contributed by atoms with Crippen LogP contribution in [0, 0.1) is 0 Å². The van der Waals surface area contributed by atoms with Gasteiger partial charge in [0.25, 0.3) is 0 Å². The fourth-order valence-corrected chi connectivity index (χ4v) is 1.86. The minimum atomic E-state index is 0.278. The molecule has 1 aromatic carbocycles.